The van der Waals surface area contributed by atoms with E-state index in [4.69, 9.17) is 10.00 Å². The first-order valence-corrected chi connectivity index (χ1v) is 7.18. The minimum absolute atomic E-state index is 0.127. The third-order valence-electron chi connectivity index (χ3n) is 3.31. The molecule has 0 fully saturated rings. The number of ketones is 1. The molecule has 0 spiro atoms. The first kappa shape index (κ1) is 17.2. The van der Waals surface area contributed by atoms with Crippen LogP contribution in [0.5, 0.6) is 5.75 Å². The molecule has 1 N–H and O–H groups in total. The fourth-order valence-electron chi connectivity index (χ4n) is 2.09. The van der Waals surface area contributed by atoms with Gasteiger partial charge in [-0.1, -0.05) is 24.3 Å². The number of Topliss-reactive ketones (excluding diaryl/α,β-unsaturated/α-hetero) is 1. The monoisotopic (exact) mass is 326 g/mol. The Labute approximate surface area is 138 Å². The van der Waals surface area contributed by atoms with Gasteiger partial charge in [-0.3, -0.25) is 9.59 Å². The van der Waals surface area contributed by atoms with Crippen molar-refractivity contribution in [2.45, 2.75) is 6.61 Å². The fraction of sp³-hybridized carbons (Fsp3) is 0.167. The highest BCUT2D eigenvalue weighted by atomic mass is 19.1. The molecule has 0 unspecified atom stereocenters. The molecule has 0 aliphatic heterocycles. The van der Waals surface area contributed by atoms with Crippen LogP contribution in [0.3, 0.4) is 0 Å². The van der Waals surface area contributed by atoms with Gasteiger partial charge in [0.15, 0.2) is 11.7 Å². The normalized spacial score (nSPS) is 11.2. The van der Waals surface area contributed by atoms with Crippen LogP contribution < -0.4 is 10.1 Å². The van der Waals surface area contributed by atoms with E-state index in [1.165, 1.54) is 31.3 Å². The Bertz CT molecular complexity index is 799. The molecule has 2 rings (SSSR count). The number of halogens is 1. The number of carbonyl (C=O) groups is 2. The number of nitrogens with one attached hydrogen (secondary N) is 1. The highest BCUT2D eigenvalue weighted by Gasteiger charge is 2.26. The molecule has 6 heteroatoms. The van der Waals surface area contributed by atoms with Crippen molar-refractivity contribution >= 4 is 11.7 Å². The summed E-state index contributed by atoms with van der Waals surface area (Å²) in [6.45, 7) is 0.127. The predicted molar refractivity (Wildman–Crippen MR) is 84.7 cm³/mol. The van der Waals surface area contributed by atoms with Gasteiger partial charge in [-0.2, -0.15) is 5.26 Å². The molecule has 0 heterocycles. The zero-order chi connectivity index (χ0) is 17.5. The van der Waals surface area contributed by atoms with Crippen LogP contribution in [0, 0.1) is 23.1 Å². The van der Waals surface area contributed by atoms with E-state index >= 15 is 0 Å². The number of nitriles is 1. The molecule has 0 aromatic heterocycles. The molecule has 1 atom stereocenters. The molecule has 0 aliphatic carbocycles. The molecule has 2 aromatic rings. The van der Waals surface area contributed by atoms with Crippen LogP contribution in [0.2, 0.25) is 0 Å². The van der Waals surface area contributed by atoms with Crippen molar-refractivity contribution in [1.82, 2.24) is 5.32 Å². The summed E-state index contributed by atoms with van der Waals surface area (Å²) in [6.07, 6.45) is 0. The second kappa shape index (κ2) is 7.88. The maximum atomic E-state index is 13.1. The first-order chi connectivity index (χ1) is 11.5. The van der Waals surface area contributed by atoms with Crippen molar-refractivity contribution < 1.29 is 18.7 Å². The van der Waals surface area contributed by atoms with Gasteiger partial charge in [0, 0.05) is 18.7 Å². The van der Waals surface area contributed by atoms with E-state index in [1.807, 2.05) is 0 Å². The second-order valence-electron chi connectivity index (χ2n) is 4.99. The van der Waals surface area contributed by atoms with Crippen LogP contribution in [0.25, 0.3) is 0 Å². The van der Waals surface area contributed by atoms with Crippen LogP contribution in [0.4, 0.5) is 4.39 Å². The topological polar surface area (TPSA) is 79.2 Å². The Morgan fingerprint density at radius 2 is 2.00 bits per heavy atom. The Balaban J connectivity index is 2.12. The molecule has 0 bridgehead atoms. The fourth-order valence-corrected chi connectivity index (χ4v) is 2.09. The number of amides is 1. The van der Waals surface area contributed by atoms with E-state index in [0.29, 0.717) is 11.3 Å². The molecule has 0 aliphatic rings. The summed E-state index contributed by atoms with van der Waals surface area (Å²) in [5.41, 5.74) is 0.907. The van der Waals surface area contributed by atoms with E-state index in [1.54, 1.807) is 30.3 Å². The average molecular weight is 326 g/mol. The van der Waals surface area contributed by atoms with E-state index < -0.39 is 23.4 Å². The number of ether oxygens (including phenoxy) is 1. The SMILES string of the molecule is CNC(=O)[C@H](C#N)C(=O)c1cccc(COc2cccc(F)c2)c1. The van der Waals surface area contributed by atoms with Gasteiger partial charge >= 0.3 is 0 Å². The maximum Gasteiger partial charge on any atom is 0.245 e. The molecule has 1 amide bonds. The van der Waals surface area contributed by atoms with E-state index in [2.05, 4.69) is 5.32 Å². The van der Waals surface area contributed by atoms with Crippen molar-refractivity contribution in [3.05, 3.63) is 65.5 Å². The summed E-state index contributed by atoms with van der Waals surface area (Å²) >= 11 is 0. The number of hydrogen-bond acceptors (Lipinski definition) is 4. The van der Waals surface area contributed by atoms with Gasteiger partial charge < -0.3 is 10.1 Å². The van der Waals surface area contributed by atoms with Crippen molar-refractivity contribution in [2.24, 2.45) is 5.92 Å². The number of benzene rings is 2. The molecule has 0 saturated carbocycles. The van der Waals surface area contributed by atoms with Crippen LogP contribution in [0.1, 0.15) is 15.9 Å². The Kier molecular flexibility index (Phi) is 5.63. The lowest BCUT2D eigenvalue weighted by atomic mass is 9.97. The zero-order valence-electron chi connectivity index (χ0n) is 13.0. The smallest absolute Gasteiger partial charge is 0.245 e. The van der Waals surface area contributed by atoms with Crippen molar-refractivity contribution in [3.63, 3.8) is 0 Å². The highest BCUT2D eigenvalue weighted by Crippen LogP contribution is 2.16. The van der Waals surface area contributed by atoms with Gasteiger partial charge in [-0.05, 0) is 23.8 Å². The molecule has 0 radical (unpaired) electrons. The third kappa shape index (κ3) is 4.17. The second-order valence-corrected chi connectivity index (χ2v) is 4.99. The standard InChI is InChI=1S/C18H15FN2O3/c1-21-18(23)16(10-20)17(22)13-5-2-4-12(8-13)11-24-15-7-3-6-14(19)9-15/h2-9,16H,11H2,1H3,(H,21,23)/t16-/m1/s1. The van der Waals surface area contributed by atoms with Gasteiger partial charge in [0.25, 0.3) is 0 Å². The molecule has 2 aromatic carbocycles. The van der Waals surface area contributed by atoms with E-state index in [9.17, 15) is 14.0 Å². The van der Waals surface area contributed by atoms with Gasteiger partial charge in [0.05, 0.1) is 6.07 Å². The zero-order valence-corrected chi connectivity index (χ0v) is 13.0. The van der Waals surface area contributed by atoms with Crippen LogP contribution >= 0.6 is 0 Å². The summed E-state index contributed by atoms with van der Waals surface area (Å²) in [5, 5.41) is 11.3. The summed E-state index contributed by atoms with van der Waals surface area (Å²) in [6, 6.07) is 13.9. The lowest BCUT2D eigenvalue weighted by molar-refractivity contribution is -0.121. The number of nitrogens with zero attached hydrogens (tertiary/aromatic N) is 1. The molecule has 122 valence electrons. The summed E-state index contributed by atoms with van der Waals surface area (Å²) < 4.78 is 18.6. The highest BCUT2D eigenvalue weighted by molar-refractivity contribution is 6.12. The van der Waals surface area contributed by atoms with Gasteiger partial charge in [0.2, 0.25) is 5.91 Å². The first-order valence-electron chi connectivity index (χ1n) is 7.18. The predicted octanol–water partition coefficient (Wildman–Crippen LogP) is 2.47. The summed E-state index contributed by atoms with van der Waals surface area (Å²) in [4.78, 5) is 23.8. The van der Waals surface area contributed by atoms with Gasteiger partial charge in [0.1, 0.15) is 18.2 Å². The average Bonchev–Trinajstić information content (AvgIpc) is 2.60. The molecule has 5 nitrogen and oxygen atoms in total. The molecular weight excluding hydrogens is 311 g/mol. The van der Waals surface area contributed by atoms with Gasteiger partial charge in [-0.15, -0.1) is 0 Å². The summed E-state index contributed by atoms with van der Waals surface area (Å²) in [5.74, 6) is -2.66. The number of hydrogen-bond donors (Lipinski definition) is 1. The maximum absolute atomic E-state index is 13.1. The Hall–Kier alpha value is -3.20. The minimum Gasteiger partial charge on any atom is -0.489 e. The van der Waals surface area contributed by atoms with Crippen molar-refractivity contribution in [2.75, 3.05) is 7.05 Å². The van der Waals surface area contributed by atoms with Crippen LogP contribution in [-0.4, -0.2) is 18.7 Å². The largest absolute Gasteiger partial charge is 0.489 e. The van der Waals surface area contributed by atoms with Crippen molar-refractivity contribution in [3.8, 4) is 11.8 Å². The number of carbonyl (C=O) groups excluding carboxylic acids is 2. The summed E-state index contributed by atoms with van der Waals surface area (Å²) in [7, 11) is 1.36. The van der Waals surface area contributed by atoms with E-state index in [-0.39, 0.29) is 12.2 Å². The lowest BCUT2D eigenvalue weighted by Gasteiger charge is -2.09. The van der Waals surface area contributed by atoms with E-state index in [0.717, 1.165) is 0 Å². The molecule has 24 heavy (non-hydrogen) atoms. The Morgan fingerprint density at radius 1 is 1.25 bits per heavy atom. The van der Waals surface area contributed by atoms with Crippen molar-refractivity contribution in [1.29, 1.82) is 5.26 Å². The van der Waals surface area contributed by atoms with Crippen LogP contribution in [0.15, 0.2) is 48.5 Å². The minimum atomic E-state index is -1.39. The van der Waals surface area contributed by atoms with Gasteiger partial charge in [-0.25, -0.2) is 4.39 Å². The third-order valence-corrected chi connectivity index (χ3v) is 3.31. The van der Waals surface area contributed by atoms with Crippen LogP contribution in [-0.2, 0) is 11.4 Å². The Morgan fingerprint density at radius 3 is 2.67 bits per heavy atom. The number of rotatable bonds is 6. The molecular formula is C18H15FN2O3. The molecule has 0 saturated heterocycles. The lowest BCUT2D eigenvalue weighted by Crippen LogP contribution is -2.32. The quantitative estimate of drug-likeness (QED) is 0.653.